The van der Waals surface area contributed by atoms with Crippen LogP contribution in [0.25, 0.3) is 0 Å². The number of benzene rings is 2. The van der Waals surface area contributed by atoms with Crippen molar-refractivity contribution in [1.29, 1.82) is 0 Å². The Balaban J connectivity index is 1.68. The number of carbonyl (C=O) groups is 2. The molecule has 2 aromatic rings. The van der Waals surface area contributed by atoms with Gasteiger partial charge in [-0.2, -0.15) is 0 Å². The van der Waals surface area contributed by atoms with Crippen molar-refractivity contribution in [3.8, 4) is 5.75 Å². The molecule has 45 heavy (non-hydrogen) atoms. The minimum absolute atomic E-state index is 0.0530. The number of carbonyl (C=O) groups excluding carboxylic acids is 2. The lowest BCUT2D eigenvalue weighted by Crippen LogP contribution is -2.53. The summed E-state index contributed by atoms with van der Waals surface area (Å²) in [7, 11) is -1.30. The second-order valence-electron chi connectivity index (χ2n) is 12.7. The van der Waals surface area contributed by atoms with Crippen molar-refractivity contribution in [2.24, 2.45) is 17.3 Å². The van der Waals surface area contributed by atoms with Crippen molar-refractivity contribution in [2.45, 2.75) is 72.6 Å². The van der Waals surface area contributed by atoms with Gasteiger partial charge in [-0.15, -0.1) is 0 Å². The predicted octanol–water partition coefficient (Wildman–Crippen LogP) is 6.13. The molecule has 1 radical (unpaired) electrons. The van der Waals surface area contributed by atoms with E-state index >= 15 is 0 Å². The minimum Gasteiger partial charge on any atom is -0.502 e. The average Bonchev–Trinajstić information content (AvgIpc) is 3.32. The van der Waals surface area contributed by atoms with Gasteiger partial charge < -0.3 is 24.3 Å². The van der Waals surface area contributed by atoms with Crippen molar-refractivity contribution in [2.75, 3.05) is 13.1 Å². The van der Waals surface area contributed by atoms with Gasteiger partial charge in [0.2, 0.25) is 9.04 Å². The number of nitro benzene ring substituents is 2. The molecule has 0 saturated carbocycles. The van der Waals surface area contributed by atoms with Gasteiger partial charge in [0, 0.05) is 31.3 Å². The zero-order valence-electron chi connectivity index (χ0n) is 26.4. The van der Waals surface area contributed by atoms with Crippen molar-refractivity contribution in [3.05, 3.63) is 73.8 Å². The normalized spacial score (nSPS) is 18.8. The number of hydrogen-bond donors (Lipinski definition) is 2. The van der Waals surface area contributed by atoms with Crippen LogP contribution in [0.2, 0.25) is 13.1 Å². The number of hydrogen-bond acceptors (Lipinski definition) is 10. The Kier molecular flexibility index (Phi) is 11.5. The predicted molar refractivity (Wildman–Crippen MR) is 166 cm³/mol. The Morgan fingerprint density at radius 1 is 1.07 bits per heavy atom. The van der Waals surface area contributed by atoms with Crippen LogP contribution in [0, 0.1) is 37.5 Å². The molecule has 15 heteroatoms. The summed E-state index contributed by atoms with van der Waals surface area (Å²) in [6, 6.07) is 9.52. The minimum atomic E-state index is -1.30. The molecule has 1 aliphatic heterocycles. The van der Waals surface area contributed by atoms with Gasteiger partial charge in [0.15, 0.2) is 5.75 Å². The summed E-state index contributed by atoms with van der Waals surface area (Å²) in [4.78, 5) is 48.4. The van der Waals surface area contributed by atoms with E-state index in [0.29, 0.717) is 30.5 Å². The topological polar surface area (TPSA) is 184 Å². The van der Waals surface area contributed by atoms with Crippen molar-refractivity contribution in [1.82, 2.24) is 10.2 Å². The molecule has 0 aromatic heterocycles. The zero-order chi connectivity index (χ0) is 33.5. The van der Waals surface area contributed by atoms with Gasteiger partial charge in [0.25, 0.3) is 5.69 Å². The summed E-state index contributed by atoms with van der Waals surface area (Å²) in [6.45, 7) is 12.6. The third kappa shape index (κ3) is 9.62. The van der Waals surface area contributed by atoms with E-state index in [2.05, 4.69) is 26.1 Å². The molecule has 2 N–H and O–H groups in total. The number of ether oxygens (including phenoxy) is 2. The van der Waals surface area contributed by atoms with Gasteiger partial charge in [0.05, 0.1) is 9.85 Å². The molecule has 1 heterocycles. The molecule has 1 fully saturated rings. The number of rotatable bonds is 12. The molecule has 1 aliphatic rings. The van der Waals surface area contributed by atoms with E-state index in [4.69, 9.17) is 13.9 Å². The maximum Gasteiger partial charge on any atom is 0.412 e. The van der Waals surface area contributed by atoms with E-state index in [9.17, 15) is 34.9 Å². The molecular formula is C30H41N4O10Si. The van der Waals surface area contributed by atoms with Gasteiger partial charge in [0.1, 0.15) is 18.9 Å². The Bertz CT molecular complexity index is 1380. The highest BCUT2D eigenvalue weighted by atomic mass is 28.3. The number of aromatic hydroxyl groups is 1. The Hall–Kier alpha value is -4.24. The van der Waals surface area contributed by atoms with Crippen LogP contribution in [0.1, 0.15) is 51.7 Å². The number of alkyl carbamates (subject to hydrolysis) is 1. The monoisotopic (exact) mass is 645 g/mol. The van der Waals surface area contributed by atoms with E-state index in [-0.39, 0.29) is 42.7 Å². The highest BCUT2D eigenvalue weighted by molar-refractivity contribution is 6.48. The van der Waals surface area contributed by atoms with Gasteiger partial charge in [-0.05, 0) is 78.6 Å². The standard InChI is InChI=1S/C30H41N4O10Si/c1-20(16-31-27(36)42-19-22-9-12-25(34(40)41)26(35)13-22)14-30(44-45(5)6)15-23(29(2,3)4)17-32(30)28(37)43-18-21-7-10-24(11-8-21)33(38)39/h7-13,20,23,35H,14-19H2,1-6H3,(H,31,36)/t20?,23-,30-/m0/s1. The third-order valence-corrected chi connectivity index (χ3v) is 8.47. The van der Waals surface area contributed by atoms with Crippen LogP contribution in [-0.4, -0.2) is 59.9 Å². The van der Waals surface area contributed by atoms with Crippen molar-refractivity contribution < 1.29 is 38.4 Å². The summed E-state index contributed by atoms with van der Waals surface area (Å²) < 4.78 is 17.5. The molecule has 0 aliphatic carbocycles. The molecular weight excluding hydrogens is 604 g/mol. The van der Waals surface area contributed by atoms with Crippen LogP contribution in [-0.2, 0) is 27.1 Å². The zero-order valence-corrected chi connectivity index (χ0v) is 27.4. The highest BCUT2D eigenvalue weighted by Crippen LogP contribution is 2.46. The molecule has 2 aromatic carbocycles. The number of amides is 2. The van der Waals surface area contributed by atoms with Gasteiger partial charge >= 0.3 is 17.9 Å². The van der Waals surface area contributed by atoms with E-state index in [0.717, 1.165) is 6.07 Å². The van der Waals surface area contributed by atoms with E-state index in [1.165, 1.54) is 24.3 Å². The first-order valence-corrected chi connectivity index (χ1v) is 17.0. The summed E-state index contributed by atoms with van der Waals surface area (Å²) in [5, 5.41) is 34.4. The fourth-order valence-corrected chi connectivity index (χ4v) is 6.34. The first-order chi connectivity index (χ1) is 21.0. The van der Waals surface area contributed by atoms with Crippen molar-refractivity contribution >= 4 is 32.6 Å². The van der Waals surface area contributed by atoms with Crippen LogP contribution >= 0.6 is 0 Å². The summed E-state index contributed by atoms with van der Waals surface area (Å²) >= 11 is 0. The maximum atomic E-state index is 13.6. The number of likely N-dealkylation sites (tertiary alicyclic amines) is 1. The molecule has 1 saturated heterocycles. The number of nitrogens with one attached hydrogen (secondary N) is 1. The molecule has 245 valence electrons. The maximum absolute atomic E-state index is 13.6. The fraction of sp³-hybridized carbons (Fsp3) is 0.533. The number of phenolic OH excluding ortho intramolecular Hbond substituents is 1. The van der Waals surface area contributed by atoms with Gasteiger partial charge in [-0.3, -0.25) is 25.1 Å². The Morgan fingerprint density at radius 3 is 2.24 bits per heavy atom. The molecule has 0 bridgehead atoms. The van der Waals surface area contributed by atoms with E-state index in [1.54, 1.807) is 17.0 Å². The first kappa shape index (κ1) is 35.2. The SMILES string of the molecule is CC(CNC(=O)OCc1ccc([N+](=O)[O-])c(O)c1)C[C@]1(O[Si](C)C)C[C@H](C(C)(C)C)CN1C(=O)OCc1ccc([N+](=O)[O-])cc1. The number of phenols is 1. The van der Waals surface area contributed by atoms with Crippen LogP contribution < -0.4 is 5.32 Å². The third-order valence-electron chi connectivity index (χ3n) is 7.68. The lowest BCUT2D eigenvalue weighted by Gasteiger charge is -2.41. The molecule has 0 spiro atoms. The lowest BCUT2D eigenvalue weighted by atomic mass is 9.78. The second-order valence-corrected chi connectivity index (χ2v) is 14.7. The molecule has 2 amide bonds. The van der Waals surface area contributed by atoms with Gasteiger partial charge in [-0.1, -0.05) is 27.7 Å². The quantitative estimate of drug-likeness (QED) is 0.155. The van der Waals surface area contributed by atoms with E-state index in [1.807, 2.05) is 20.0 Å². The Labute approximate surface area is 263 Å². The lowest BCUT2D eigenvalue weighted by molar-refractivity contribution is -0.385. The number of non-ortho nitro benzene ring substituents is 1. The van der Waals surface area contributed by atoms with Crippen LogP contribution in [0.4, 0.5) is 21.0 Å². The molecule has 14 nitrogen and oxygen atoms in total. The number of nitrogens with zero attached hydrogens (tertiary/aromatic N) is 3. The second kappa shape index (κ2) is 14.7. The largest absolute Gasteiger partial charge is 0.502 e. The molecule has 3 atom stereocenters. The highest BCUT2D eigenvalue weighted by Gasteiger charge is 2.53. The molecule has 3 rings (SSSR count). The van der Waals surface area contributed by atoms with Gasteiger partial charge in [-0.25, -0.2) is 9.59 Å². The smallest absolute Gasteiger partial charge is 0.412 e. The van der Waals surface area contributed by atoms with Crippen LogP contribution in [0.15, 0.2) is 42.5 Å². The fourth-order valence-electron chi connectivity index (χ4n) is 5.30. The molecule has 1 unspecified atom stereocenters. The summed E-state index contributed by atoms with van der Waals surface area (Å²) in [6.07, 6.45) is -0.256. The van der Waals surface area contributed by atoms with Crippen LogP contribution in [0.3, 0.4) is 0 Å². The Morgan fingerprint density at radius 2 is 1.69 bits per heavy atom. The number of nitro groups is 2. The summed E-state index contributed by atoms with van der Waals surface area (Å²) in [5.41, 5.74) is -0.596. The van der Waals surface area contributed by atoms with Crippen LogP contribution in [0.5, 0.6) is 5.75 Å². The first-order valence-electron chi connectivity index (χ1n) is 14.5. The summed E-state index contributed by atoms with van der Waals surface area (Å²) in [5.74, 6) is -0.561. The van der Waals surface area contributed by atoms with Crippen molar-refractivity contribution in [3.63, 3.8) is 0 Å². The average molecular weight is 646 g/mol. The van der Waals surface area contributed by atoms with E-state index < -0.39 is 48.2 Å².